The number of hydrogen-bond donors (Lipinski definition) is 1. The van der Waals surface area contributed by atoms with Gasteiger partial charge in [0.2, 0.25) is 5.91 Å². The van der Waals surface area contributed by atoms with Crippen molar-refractivity contribution in [1.29, 1.82) is 0 Å². The van der Waals surface area contributed by atoms with E-state index in [9.17, 15) is 9.59 Å². The fourth-order valence-electron chi connectivity index (χ4n) is 5.98. The molecule has 1 N–H and O–H groups in total. The van der Waals surface area contributed by atoms with Crippen molar-refractivity contribution in [2.45, 2.75) is 115 Å². The molecule has 0 aliphatic heterocycles. The van der Waals surface area contributed by atoms with Crippen LogP contribution in [-0.4, -0.2) is 49.3 Å². The van der Waals surface area contributed by atoms with Crippen molar-refractivity contribution >= 4 is 46.8 Å². The highest BCUT2D eigenvalue weighted by atomic mass is 35.5. The van der Waals surface area contributed by atoms with E-state index in [4.69, 9.17) is 23.2 Å². The Labute approximate surface area is 246 Å². The molecule has 2 amide bonds. The predicted octanol–water partition coefficient (Wildman–Crippen LogP) is 7.32. The van der Waals surface area contributed by atoms with E-state index in [0.29, 0.717) is 51.0 Å². The number of carbonyl (C=O) groups is 2. The molecule has 0 radical (unpaired) electrons. The normalized spacial score (nSPS) is 17.8. The van der Waals surface area contributed by atoms with Crippen molar-refractivity contribution in [2.24, 2.45) is 5.92 Å². The zero-order valence-corrected chi connectivity index (χ0v) is 25.6. The van der Waals surface area contributed by atoms with Crippen molar-refractivity contribution in [3.05, 3.63) is 39.6 Å². The van der Waals surface area contributed by atoms with E-state index in [2.05, 4.69) is 20.4 Å². The molecule has 0 unspecified atom stereocenters. The largest absolute Gasteiger partial charge is 0.342 e. The first kappa shape index (κ1) is 30.2. The fourth-order valence-corrected chi connectivity index (χ4v) is 7.35. The van der Waals surface area contributed by atoms with Gasteiger partial charge in [-0.25, -0.2) is 0 Å². The number of rotatable bonds is 10. The van der Waals surface area contributed by atoms with Crippen molar-refractivity contribution in [2.75, 3.05) is 5.75 Å². The van der Waals surface area contributed by atoms with E-state index in [-0.39, 0.29) is 23.8 Å². The Balaban J connectivity index is 1.48. The van der Waals surface area contributed by atoms with Crippen molar-refractivity contribution in [1.82, 2.24) is 25.0 Å². The zero-order valence-electron chi connectivity index (χ0n) is 23.3. The molecule has 214 valence electrons. The molecule has 7 nitrogen and oxygen atoms in total. The number of benzene rings is 1. The summed E-state index contributed by atoms with van der Waals surface area (Å²) in [6.07, 6.45) is 11.9. The zero-order chi connectivity index (χ0) is 27.9. The van der Waals surface area contributed by atoms with E-state index < -0.39 is 0 Å². The van der Waals surface area contributed by atoms with Gasteiger partial charge in [-0.15, -0.1) is 10.2 Å². The molecule has 1 atom stereocenters. The van der Waals surface area contributed by atoms with Crippen molar-refractivity contribution in [3.63, 3.8) is 0 Å². The fraction of sp³-hybridized carbons (Fsp3) is 0.655. The predicted molar refractivity (Wildman–Crippen MR) is 159 cm³/mol. The second kappa shape index (κ2) is 14.2. The van der Waals surface area contributed by atoms with Crippen molar-refractivity contribution < 1.29 is 9.59 Å². The van der Waals surface area contributed by atoms with Gasteiger partial charge in [0.1, 0.15) is 0 Å². The number of carbonyl (C=O) groups excluding carboxylic acids is 2. The molecular weight excluding hydrogens is 553 g/mol. The van der Waals surface area contributed by atoms with E-state index in [1.54, 1.807) is 18.2 Å². The lowest BCUT2D eigenvalue weighted by atomic mass is 9.88. The third-order valence-corrected chi connectivity index (χ3v) is 9.52. The number of thioether (sulfide) groups is 1. The summed E-state index contributed by atoms with van der Waals surface area (Å²) in [5.74, 6) is 1.02. The van der Waals surface area contributed by atoms with E-state index in [1.807, 2.05) is 25.3 Å². The molecule has 10 heteroatoms. The minimum Gasteiger partial charge on any atom is -0.342 e. The van der Waals surface area contributed by atoms with Gasteiger partial charge in [0, 0.05) is 23.7 Å². The summed E-state index contributed by atoms with van der Waals surface area (Å²) >= 11 is 13.8. The molecule has 2 aliphatic carbocycles. The highest BCUT2D eigenvalue weighted by Gasteiger charge is 2.33. The Kier molecular flexibility index (Phi) is 11.0. The number of halogens is 2. The van der Waals surface area contributed by atoms with Gasteiger partial charge in [-0.1, -0.05) is 87.3 Å². The maximum atomic E-state index is 13.7. The number of amides is 2. The number of hydrogen-bond acceptors (Lipinski definition) is 5. The molecule has 1 heterocycles. The highest BCUT2D eigenvalue weighted by molar-refractivity contribution is 7.99. The maximum Gasteiger partial charge on any atom is 0.253 e. The third kappa shape index (κ3) is 7.50. The van der Waals surface area contributed by atoms with Crippen LogP contribution < -0.4 is 5.32 Å². The molecule has 0 spiro atoms. The Hall–Kier alpha value is -1.77. The summed E-state index contributed by atoms with van der Waals surface area (Å²) in [5.41, 5.74) is 0.361. The second-order valence-corrected chi connectivity index (χ2v) is 12.9. The van der Waals surface area contributed by atoms with Crippen LogP contribution >= 0.6 is 35.0 Å². The summed E-state index contributed by atoms with van der Waals surface area (Å²) < 4.78 is 2.01. The molecule has 2 aliphatic rings. The minimum absolute atomic E-state index is 0.0575. The van der Waals surface area contributed by atoms with Gasteiger partial charge >= 0.3 is 0 Å². The lowest BCUT2D eigenvalue weighted by molar-refractivity contribution is -0.135. The van der Waals surface area contributed by atoms with Crippen LogP contribution in [0.5, 0.6) is 0 Å². The van der Waals surface area contributed by atoms with Crippen LogP contribution in [0.1, 0.15) is 107 Å². The lowest BCUT2D eigenvalue weighted by Gasteiger charge is -2.41. The van der Waals surface area contributed by atoms with Crippen LogP contribution in [0.4, 0.5) is 0 Å². The Morgan fingerprint density at radius 1 is 1.03 bits per heavy atom. The van der Waals surface area contributed by atoms with Gasteiger partial charge in [-0.05, 0) is 56.7 Å². The molecule has 2 saturated carbocycles. The number of nitrogens with one attached hydrogen (secondary N) is 1. The summed E-state index contributed by atoms with van der Waals surface area (Å²) in [6.45, 7) is 6.73. The van der Waals surface area contributed by atoms with Gasteiger partial charge in [-0.2, -0.15) is 0 Å². The van der Waals surface area contributed by atoms with Crippen LogP contribution in [0.2, 0.25) is 10.0 Å². The summed E-state index contributed by atoms with van der Waals surface area (Å²) in [4.78, 5) is 29.1. The number of aromatic nitrogens is 3. The van der Waals surface area contributed by atoms with Gasteiger partial charge in [0.05, 0.1) is 22.4 Å². The maximum absolute atomic E-state index is 13.7. The topological polar surface area (TPSA) is 80.1 Å². The number of nitrogens with zero attached hydrogens (tertiary/aromatic N) is 4. The smallest absolute Gasteiger partial charge is 0.253 e. The van der Waals surface area contributed by atoms with Crippen LogP contribution in [0.15, 0.2) is 23.4 Å². The first-order valence-corrected chi connectivity index (χ1v) is 16.2. The molecule has 39 heavy (non-hydrogen) atoms. The average molecular weight is 595 g/mol. The summed E-state index contributed by atoms with van der Waals surface area (Å²) in [6, 6.07) is 5.20. The molecule has 2 fully saturated rings. The molecule has 4 rings (SSSR count). The molecule has 0 saturated heterocycles. The Morgan fingerprint density at radius 2 is 1.64 bits per heavy atom. The van der Waals surface area contributed by atoms with Crippen LogP contribution in [0.3, 0.4) is 0 Å². The van der Waals surface area contributed by atoms with E-state index in [0.717, 1.165) is 25.7 Å². The van der Waals surface area contributed by atoms with Gasteiger partial charge in [0.15, 0.2) is 11.0 Å². The summed E-state index contributed by atoms with van der Waals surface area (Å²) in [5, 5.41) is 13.5. The van der Waals surface area contributed by atoms with Gasteiger partial charge in [-0.3, -0.25) is 9.59 Å². The lowest BCUT2D eigenvalue weighted by Crippen LogP contribution is -2.49. The first-order chi connectivity index (χ1) is 18.8. The van der Waals surface area contributed by atoms with Crippen molar-refractivity contribution in [3.8, 4) is 0 Å². The van der Waals surface area contributed by atoms with Gasteiger partial charge < -0.3 is 14.8 Å². The van der Waals surface area contributed by atoms with E-state index >= 15 is 0 Å². The minimum atomic E-state index is -0.372. The highest BCUT2D eigenvalue weighted by Crippen LogP contribution is 2.32. The average Bonchev–Trinajstić information content (AvgIpc) is 3.34. The third-order valence-electron chi connectivity index (χ3n) is 8.02. The molecule has 0 bridgehead atoms. The Bertz CT molecular complexity index is 1110. The quantitative estimate of drug-likeness (QED) is 0.292. The SMILES string of the molecule is CCn1c(SCC(=O)N(C2CCCCC2)C2CCCCC2)nnc1[C@@H](NC(=O)c1ccc(Cl)cc1Cl)C(C)C. The Morgan fingerprint density at radius 3 is 2.18 bits per heavy atom. The molecular formula is C29H41Cl2N5O2S. The standard InChI is InChI=1S/C29H41Cl2N5O2S/c1-4-35-27(26(19(2)3)32-28(38)23-16-15-20(30)17-24(23)31)33-34-29(35)39-18-25(37)36(21-11-7-5-8-12-21)22-13-9-6-10-14-22/h15-17,19,21-22,26H,4-14,18H2,1-3H3,(H,32,38)/t26-/m0/s1. The first-order valence-electron chi connectivity index (χ1n) is 14.4. The molecule has 1 aromatic heterocycles. The van der Waals surface area contributed by atoms with Gasteiger partial charge in [0.25, 0.3) is 5.91 Å². The summed E-state index contributed by atoms with van der Waals surface area (Å²) in [7, 11) is 0. The van der Waals surface area contributed by atoms with Crippen LogP contribution in [0.25, 0.3) is 0 Å². The molecule has 1 aromatic carbocycles. The van der Waals surface area contributed by atoms with Crippen LogP contribution in [-0.2, 0) is 11.3 Å². The molecule has 2 aromatic rings. The monoisotopic (exact) mass is 593 g/mol. The van der Waals surface area contributed by atoms with E-state index in [1.165, 1.54) is 50.3 Å². The van der Waals surface area contributed by atoms with Crippen LogP contribution in [0, 0.1) is 5.92 Å². The second-order valence-electron chi connectivity index (χ2n) is 11.1.